The standard InChI is InChI=1S/C4H8N6S2.Pt/c5-3(11)9-7-1-2-8-10-4(6)12;/h1-2H,(H6,5,6,7,8,9,10,11,12);. The molecular weight excluding hydrogens is 391 g/mol. The summed E-state index contributed by atoms with van der Waals surface area (Å²) in [5, 5.41) is 7.02. The zero-order chi connectivity index (χ0) is 9.40. The molecule has 4 N–H and O–H groups in total. The van der Waals surface area contributed by atoms with Gasteiger partial charge in [0.1, 0.15) is 0 Å². The van der Waals surface area contributed by atoms with Gasteiger partial charge in [0.25, 0.3) is 0 Å². The van der Waals surface area contributed by atoms with Gasteiger partial charge in [0.2, 0.25) is 0 Å². The average Bonchev–Trinajstić information content (AvgIpc) is 1.95. The van der Waals surface area contributed by atoms with E-state index in [0.717, 1.165) is 0 Å². The molecule has 0 bridgehead atoms. The SMILES string of the molecule is NC(=[SH+])[N-]N=CC=N[N-]C(N)=[SH+].[Pt]. The van der Waals surface area contributed by atoms with E-state index in [2.05, 4.69) is 45.5 Å². The summed E-state index contributed by atoms with van der Waals surface area (Å²) in [6, 6.07) is 0. The number of nitrogens with zero attached hydrogens (tertiary/aromatic N) is 4. The molecule has 0 aliphatic rings. The first-order valence-electron chi connectivity index (χ1n) is 2.72. The normalized spacial score (nSPS) is 9.69. The van der Waals surface area contributed by atoms with Gasteiger partial charge in [-0.1, -0.05) is 0 Å². The Hall–Kier alpha value is -0.272. The van der Waals surface area contributed by atoms with Crippen molar-refractivity contribution in [1.29, 1.82) is 0 Å². The van der Waals surface area contributed by atoms with E-state index in [0.29, 0.717) is 0 Å². The fourth-order valence-corrected chi connectivity index (χ4v) is 0.348. The third kappa shape index (κ3) is 14.6. The average molecular weight is 399 g/mol. The third-order valence-electron chi connectivity index (χ3n) is 0.520. The summed E-state index contributed by atoms with van der Waals surface area (Å²) in [6.07, 6.45) is 2.56. The van der Waals surface area contributed by atoms with E-state index in [1.165, 1.54) is 12.4 Å². The molecule has 0 atom stereocenters. The van der Waals surface area contributed by atoms with Crippen LogP contribution in [0.3, 0.4) is 0 Å². The van der Waals surface area contributed by atoms with Crippen molar-refractivity contribution in [2.75, 3.05) is 0 Å². The molecule has 0 aliphatic heterocycles. The summed E-state index contributed by atoms with van der Waals surface area (Å²) < 4.78 is 0. The summed E-state index contributed by atoms with van der Waals surface area (Å²) in [5.41, 5.74) is 16.9. The summed E-state index contributed by atoms with van der Waals surface area (Å²) in [7, 11) is 0. The van der Waals surface area contributed by atoms with Crippen molar-refractivity contribution in [2.24, 2.45) is 21.7 Å². The van der Waals surface area contributed by atoms with Crippen molar-refractivity contribution in [1.82, 2.24) is 0 Å². The molecule has 0 aromatic heterocycles. The van der Waals surface area contributed by atoms with E-state index >= 15 is 0 Å². The maximum Gasteiger partial charge on any atom is 0.183 e. The van der Waals surface area contributed by atoms with Crippen molar-refractivity contribution < 1.29 is 21.1 Å². The summed E-state index contributed by atoms with van der Waals surface area (Å²) in [6.45, 7) is 0. The van der Waals surface area contributed by atoms with Crippen LogP contribution in [-0.2, 0) is 45.5 Å². The fourth-order valence-electron chi connectivity index (χ4n) is 0.245. The fraction of sp³-hybridized carbons (Fsp3) is 0. The maximum atomic E-state index is 5.05. The predicted octanol–water partition coefficient (Wildman–Crippen LogP) is -1.65. The monoisotopic (exact) mass is 399 g/mol. The minimum absolute atomic E-state index is 0. The number of thiol groups is 2. The molecular formula is C4H8N6PtS2. The van der Waals surface area contributed by atoms with Crippen LogP contribution in [0.25, 0.3) is 10.9 Å². The smallest absolute Gasteiger partial charge is 0.183 e. The molecule has 0 radical (unpaired) electrons. The van der Waals surface area contributed by atoms with Gasteiger partial charge in [0.05, 0.1) is 0 Å². The first kappa shape index (κ1) is 15.2. The van der Waals surface area contributed by atoms with Crippen LogP contribution in [0.2, 0.25) is 0 Å². The second-order valence-electron chi connectivity index (χ2n) is 1.45. The Morgan fingerprint density at radius 2 is 1.31 bits per heavy atom. The van der Waals surface area contributed by atoms with Gasteiger partial charge in [-0.15, -0.1) is 0 Å². The summed E-state index contributed by atoms with van der Waals surface area (Å²) >= 11 is 7.33. The van der Waals surface area contributed by atoms with E-state index < -0.39 is 0 Å². The van der Waals surface area contributed by atoms with Crippen molar-refractivity contribution in [3.8, 4) is 0 Å². The Morgan fingerprint density at radius 3 is 1.54 bits per heavy atom. The maximum absolute atomic E-state index is 5.05. The molecule has 0 fully saturated rings. The number of nitrogens with two attached hydrogens (primary N) is 2. The van der Waals surface area contributed by atoms with Gasteiger partial charge in [-0.2, -0.15) is 0 Å². The zero-order valence-corrected chi connectivity index (χ0v) is 10.4. The van der Waals surface area contributed by atoms with Crippen LogP contribution < -0.4 is 11.5 Å². The Labute approximate surface area is 100 Å². The molecule has 6 nitrogen and oxygen atoms in total. The topological polar surface area (TPSA) is 105 Å². The Balaban J connectivity index is 0. The van der Waals surface area contributed by atoms with Crippen LogP contribution in [0, 0.1) is 0 Å². The minimum Gasteiger partial charge on any atom is -0.515 e. The van der Waals surface area contributed by atoms with E-state index in [-0.39, 0.29) is 31.3 Å². The van der Waals surface area contributed by atoms with Gasteiger partial charge in [-0.25, -0.2) is 0 Å². The first-order chi connectivity index (χ1) is 5.63. The number of hydrogen-bond acceptors (Lipinski definition) is 2. The van der Waals surface area contributed by atoms with Gasteiger partial charge < -0.3 is 21.1 Å². The molecule has 0 rings (SSSR count). The van der Waals surface area contributed by atoms with Crippen LogP contribution in [0.1, 0.15) is 0 Å². The zero-order valence-electron chi connectivity index (χ0n) is 6.31. The molecule has 0 aliphatic carbocycles. The largest absolute Gasteiger partial charge is 0.515 e. The van der Waals surface area contributed by atoms with Gasteiger partial charge in [0.15, 0.2) is 34.7 Å². The van der Waals surface area contributed by atoms with Crippen molar-refractivity contribution in [3.63, 3.8) is 0 Å². The van der Waals surface area contributed by atoms with Gasteiger partial charge >= 0.3 is 0 Å². The molecule has 0 spiro atoms. The Bertz CT molecular complexity index is 203. The van der Waals surface area contributed by atoms with Crippen LogP contribution in [0.4, 0.5) is 0 Å². The first-order valence-corrected chi connectivity index (χ1v) is 3.62. The molecule has 76 valence electrons. The second kappa shape index (κ2) is 9.81. The van der Waals surface area contributed by atoms with E-state index in [9.17, 15) is 0 Å². The molecule has 0 unspecified atom stereocenters. The molecule has 0 saturated heterocycles. The third-order valence-corrected chi connectivity index (χ3v) is 0.699. The van der Waals surface area contributed by atoms with Crippen molar-refractivity contribution in [2.45, 2.75) is 0 Å². The van der Waals surface area contributed by atoms with Crippen LogP contribution >= 0.6 is 0 Å². The number of rotatable bonds is 3. The van der Waals surface area contributed by atoms with Crippen LogP contribution in [0.15, 0.2) is 10.2 Å². The van der Waals surface area contributed by atoms with E-state index in [1.807, 2.05) is 0 Å². The Morgan fingerprint density at radius 1 is 1.00 bits per heavy atom. The summed E-state index contributed by atoms with van der Waals surface area (Å²) in [4.78, 5) is 0. The van der Waals surface area contributed by atoms with Gasteiger partial charge in [0, 0.05) is 33.5 Å². The summed E-state index contributed by atoms with van der Waals surface area (Å²) in [5.74, 6) is 0. The predicted molar refractivity (Wildman–Crippen MR) is 59.6 cm³/mol. The molecule has 0 heterocycles. The van der Waals surface area contributed by atoms with Crippen LogP contribution in [-0.4, -0.2) is 22.7 Å². The van der Waals surface area contributed by atoms with Crippen molar-refractivity contribution in [3.05, 3.63) is 10.9 Å². The Kier molecular flexibility index (Phi) is 11.5. The second-order valence-corrected chi connectivity index (χ2v) is 2.36. The quantitative estimate of drug-likeness (QED) is 0.195. The molecule has 0 aromatic rings. The van der Waals surface area contributed by atoms with Crippen molar-refractivity contribution >= 4 is 47.1 Å². The molecule has 9 heteroatoms. The molecule has 13 heavy (non-hydrogen) atoms. The van der Waals surface area contributed by atoms with Crippen LogP contribution in [0.5, 0.6) is 0 Å². The van der Waals surface area contributed by atoms with Gasteiger partial charge in [-0.3, -0.25) is 11.5 Å². The van der Waals surface area contributed by atoms with E-state index in [4.69, 9.17) is 11.5 Å². The number of hydrogen-bond donors (Lipinski definition) is 2. The van der Waals surface area contributed by atoms with Gasteiger partial charge in [-0.05, 0) is 0 Å². The van der Waals surface area contributed by atoms with E-state index in [1.54, 1.807) is 0 Å². The molecule has 0 aromatic carbocycles. The minimum atomic E-state index is 0. The molecule has 0 saturated carbocycles. The molecule has 0 amide bonds.